The molecule has 0 fully saturated rings. The Morgan fingerprint density at radius 1 is 1.23 bits per heavy atom. The van der Waals surface area contributed by atoms with Crippen molar-refractivity contribution in [1.82, 2.24) is 9.97 Å². The molecular formula is C15H11Br2N3OS. The second kappa shape index (κ2) is 6.76. The first-order valence-electron chi connectivity index (χ1n) is 6.33. The van der Waals surface area contributed by atoms with Gasteiger partial charge < -0.3 is 10.1 Å². The molecule has 2 aromatic heterocycles. The third-order valence-corrected chi connectivity index (χ3v) is 4.95. The first-order valence-corrected chi connectivity index (χ1v) is 8.80. The molecule has 1 N–H and O–H groups in total. The molecule has 112 valence electrons. The molecule has 1 aromatic carbocycles. The number of anilines is 2. The van der Waals surface area contributed by atoms with Crippen LogP contribution in [0.15, 0.2) is 51.0 Å². The van der Waals surface area contributed by atoms with E-state index in [2.05, 4.69) is 47.1 Å². The van der Waals surface area contributed by atoms with Gasteiger partial charge in [0.2, 0.25) is 0 Å². The number of methoxy groups -OCH3 is 1. The highest BCUT2D eigenvalue weighted by atomic mass is 79.9. The van der Waals surface area contributed by atoms with E-state index in [1.807, 2.05) is 29.6 Å². The van der Waals surface area contributed by atoms with Crippen LogP contribution in [0.5, 0.6) is 5.75 Å². The Morgan fingerprint density at radius 2 is 2.00 bits per heavy atom. The smallest absolute Gasteiger partial charge is 0.187 e. The predicted octanol–water partition coefficient (Wildman–Crippen LogP) is 5.48. The van der Waals surface area contributed by atoms with Gasteiger partial charge in [-0.05, 0) is 56.1 Å². The van der Waals surface area contributed by atoms with E-state index in [0.29, 0.717) is 0 Å². The van der Waals surface area contributed by atoms with Crippen molar-refractivity contribution in [3.63, 3.8) is 0 Å². The highest BCUT2D eigenvalue weighted by molar-refractivity contribution is 9.11. The minimum atomic E-state index is 0.777. The number of hydrogen-bond acceptors (Lipinski definition) is 5. The maximum absolute atomic E-state index is 5.24. The Labute approximate surface area is 148 Å². The molecule has 0 saturated carbocycles. The van der Waals surface area contributed by atoms with Gasteiger partial charge in [-0.15, -0.1) is 11.3 Å². The van der Waals surface area contributed by atoms with Crippen LogP contribution in [-0.2, 0) is 0 Å². The number of hydrogen-bond donors (Lipinski definition) is 1. The van der Waals surface area contributed by atoms with Gasteiger partial charge in [-0.2, -0.15) is 0 Å². The number of ether oxygens (including phenoxy) is 1. The van der Waals surface area contributed by atoms with Crippen LogP contribution < -0.4 is 10.1 Å². The van der Waals surface area contributed by atoms with Gasteiger partial charge in [-0.1, -0.05) is 0 Å². The van der Waals surface area contributed by atoms with Crippen molar-refractivity contribution in [1.29, 1.82) is 0 Å². The predicted molar refractivity (Wildman–Crippen MR) is 97.0 cm³/mol. The van der Waals surface area contributed by atoms with Crippen molar-refractivity contribution in [2.75, 3.05) is 12.4 Å². The minimum Gasteiger partial charge on any atom is -0.497 e. The summed E-state index contributed by atoms with van der Waals surface area (Å²) in [6.07, 6.45) is 3.55. The largest absolute Gasteiger partial charge is 0.497 e. The Hall–Kier alpha value is -1.44. The summed E-state index contributed by atoms with van der Waals surface area (Å²) < 4.78 is 7.03. The second-order valence-corrected chi connectivity index (χ2v) is 6.94. The van der Waals surface area contributed by atoms with Crippen molar-refractivity contribution in [2.45, 2.75) is 0 Å². The average Bonchev–Trinajstić information content (AvgIpc) is 3.00. The van der Waals surface area contributed by atoms with Gasteiger partial charge >= 0.3 is 0 Å². The maximum atomic E-state index is 5.24. The summed E-state index contributed by atoms with van der Waals surface area (Å²) in [5, 5.41) is 6.13. The molecule has 4 nitrogen and oxygen atoms in total. The molecule has 0 aliphatic carbocycles. The zero-order valence-corrected chi connectivity index (χ0v) is 15.5. The molecule has 2 heterocycles. The minimum absolute atomic E-state index is 0.777. The molecule has 0 radical (unpaired) electrons. The number of rotatable bonds is 4. The molecule has 22 heavy (non-hydrogen) atoms. The molecule has 3 aromatic rings. The van der Waals surface area contributed by atoms with Gasteiger partial charge in [0, 0.05) is 32.3 Å². The molecule has 0 spiro atoms. The van der Waals surface area contributed by atoms with Crippen LogP contribution in [0.4, 0.5) is 10.8 Å². The van der Waals surface area contributed by atoms with Gasteiger partial charge in [0.1, 0.15) is 5.75 Å². The first-order chi connectivity index (χ1) is 10.7. The van der Waals surface area contributed by atoms with Crippen LogP contribution in [0.25, 0.3) is 11.3 Å². The molecule has 0 atom stereocenters. The Bertz CT molecular complexity index is 769. The summed E-state index contributed by atoms with van der Waals surface area (Å²) in [6, 6.07) is 7.70. The SMILES string of the molecule is COc1cc(Br)c(Nc2nc(-c3cccnc3)cs2)c(Br)c1. The zero-order valence-electron chi connectivity index (χ0n) is 11.5. The lowest BCUT2D eigenvalue weighted by molar-refractivity contribution is 0.414. The Morgan fingerprint density at radius 3 is 2.64 bits per heavy atom. The van der Waals surface area contributed by atoms with Crippen LogP contribution >= 0.6 is 43.2 Å². The summed E-state index contributed by atoms with van der Waals surface area (Å²) in [5.41, 5.74) is 2.81. The lowest BCUT2D eigenvalue weighted by Gasteiger charge is -2.10. The molecule has 0 bridgehead atoms. The molecule has 0 amide bonds. The average molecular weight is 441 g/mol. The number of thiazole rings is 1. The van der Waals surface area contributed by atoms with Crippen molar-refractivity contribution in [3.05, 3.63) is 51.0 Å². The highest BCUT2D eigenvalue weighted by Crippen LogP contribution is 2.38. The van der Waals surface area contributed by atoms with Gasteiger partial charge in [-0.25, -0.2) is 4.98 Å². The summed E-state index contributed by atoms with van der Waals surface area (Å²) in [6.45, 7) is 0. The van der Waals surface area contributed by atoms with Crippen LogP contribution in [-0.4, -0.2) is 17.1 Å². The van der Waals surface area contributed by atoms with Crippen LogP contribution in [0.2, 0.25) is 0 Å². The lowest BCUT2D eigenvalue weighted by atomic mass is 10.2. The van der Waals surface area contributed by atoms with Gasteiger partial charge in [0.15, 0.2) is 5.13 Å². The molecule has 3 rings (SSSR count). The van der Waals surface area contributed by atoms with E-state index in [0.717, 1.165) is 36.8 Å². The van der Waals surface area contributed by atoms with Gasteiger partial charge in [0.05, 0.1) is 18.5 Å². The number of nitrogens with one attached hydrogen (secondary N) is 1. The molecule has 7 heteroatoms. The van der Waals surface area contributed by atoms with E-state index in [-0.39, 0.29) is 0 Å². The third kappa shape index (κ3) is 3.31. The molecule has 0 aliphatic rings. The quantitative estimate of drug-likeness (QED) is 0.583. The molecule has 0 aliphatic heterocycles. The number of nitrogens with zero attached hydrogens (tertiary/aromatic N) is 2. The van der Waals surface area contributed by atoms with Gasteiger partial charge in [0.25, 0.3) is 0 Å². The standard InChI is InChI=1S/C15H11Br2N3OS/c1-21-10-5-11(16)14(12(17)6-10)20-15-19-13(8-22-15)9-3-2-4-18-7-9/h2-8H,1H3,(H,19,20). The fraction of sp³-hybridized carbons (Fsp3) is 0.0667. The molecular weight excluding hydrogens is 430 g/mol. The van der Waals surface area contributed by atoms with Crippen molar-refractivity contribution in [2.24, 2.45) is 0 Å². The van der Waals surface area contributed by atoms with Crippen LogP contribution in [0.3, 0.4) is 0 Å². The van der Waals surface area contributed by atoms with Crippen LogP contribution in [0.1, 0.15) is 0 Å². The fourth-order valence-electron chi connectivity index (χ4n) is 1.87. The lowest BCUT2D eigenvalue weighted by Crippen LogP contribution is -1.94. The number of aromatic nitrogens is 2. The van der Waals surface area contributed by atoms with E-state index in [1.54, 1.807) is 30.8 Å². The Kier molecular flexibility index (Phi) is 4.75. The normalized spacial score (nSPS) is 10.5. The van der Waals surface area contributed by atoms with Crippen LogP contribution in [0, 0.1) is 0 Å². The third-order valence-electron chi connectivity index (χ3n) is 2.94. The van der Waals surface area contributed by atoms with Crippen molar-refractivity contribution in [3.8, 4) is 17.0 Å². The summed E-state index contributed by atoms with van der Waals surface area (Å²) >= 11 is 8.63. The fourth-order valence-corrected chi connectivity index (χ4v) is 3.94. The monoisotopic (exact) mass is 439 g/mol. The summed E-state index contributed by atoms with van der Waals surface area (Å²) in [4.78, 5) is 8.71. The number of pyridine rings is 1. The number of benzene rings is 1. The maximum Gasteiger partial charge on any atom is 0.187 e. The van der Waals surface area contributed by atoms with Gasteiger partial charge in [-0.3, -0.25) is 4.98 Å². The topological polar surface area (TPSA) is 47.0 Å². The molecule has 0 unspecified atom stereocenters. The van der Waals surface area contributed by atoms with Crippen molar-refractivity contribution < 1.29 is 4.74 Å². The number of halogens is 2. The van der Waals surface area contributed by atoms with E-state index in [9.17, 15) is 0 Å². The van der Waals surface area contributed by atoms with E-state index >= 15 is 0 Å². The second-order valence-electron chi connectivity index (χ2n) is 4.37. The van der Waals surface area contributed by atoms with E-state index in [1.165, 1.54) is 0 Å². The van der Waals surface area contributed by atoms with E-state index in [4.69, 9.17) is 4.74 Å². The van der Waals surface area contributed by atoms with Crippen molar-refractivity contribution >= 4 is 54.0 Å². The summed E-state index contributed by atoms with van der Waals surface area (Å²) in [5.74, 6) is 0.777. The first kappa shape index (κ1) is 15.5. The molecule has 0 saturated heterocycles. The zero-order chi connectivity index (χ0) is 15.5. The summed E-state index contributed by atoms with van der Waals surface area (Å²) in [7, 11) is 1.64. The van der Waals surface area contributed by atoms with E-state index < -0.39 is 0 Å². The highest BCUT2D eigenvalue weighted by Gasteiger charge is 2.11. The Balaban J connectivity index is 1.87.